The van der Waals surface area contributed by atoms with Crippen molar-refractivity contribution in [1.82, 2.24) is 9.97 Å². The average Bonchev–Trinajstić information content (AvgIpc) is 3.20. The van der Waals surface area contributed by atoms with Gasteiger partial charge in [-0.1, -0.05) is 17.7 Å². The number of esters is 1. The minimum Gasteiger partial charge on any atom is -0.463 e. The molecule has 25 heavy (non-hydrogen) atoms. The Balaban J connectivity index is 1.76. The Morgan fingerprint density at radius 3 is 2.84 bits per heavy atom. The summed E-state index contributed by atoms with van der Waals surface area (Å²) in [5.41, 5.74) is 7.24. The number of fused-ring (bicyclic) bond motifs is 1. The Labute approximate surface area is 146 Å². The largest absolute Gasteiger partial charge is 0.463 e. The number of hydrogen-bond donors (Lipinski definition) is 1. The molecule has 1 aliphatic rings. The molecule has 0 fully saturated rings. The molecule has 126 valence electrons. The van der Waals surface area contributed by atoms with Crippen molar-refractivity contribution in [1.29, 1.82) is 0 Å². The minimum atomic E-state index is -0.693. The molecule has 1 atom stereocenters. The fourth-order valence-electron chi connectivity index (χ4n) is 2.78. The van der Waals surface area contributed by atoms with Crippen LogP contribution in [0.25, 0.3) is 11.5 Å². The fourth-order valence-corrected chi connectivity index (χ4v) is 2.90. The van der Waals surface area contributed by atoms with Crippen LogP contribution in [0, 0.1) is 5.82 Å². The first kappa shape index (κ1) is 15.6. The van der Waals surface area contributed by atoms with E-state index in [1.165, 1.54) is 18.4 Å². The number of anilines is 1. The van der Waals surface area contributed by atoms with Crippen LogP contribution in [-0.2, 0) is 11.2 Å². The molecule has 2 aromatic heterocycles. The lowest BCUT2D eigenvalue weighted by molar-refractivity contribution is 0.0382. The molecule has 1 unspecified atom stereocenters. The number of nitrogens with zero attached hydrogens (tertiary/aromatic N) is 2. The first-order valence-electron chi connectivity index (χ1n) is 7.39. The number of cyclic esters (lactones) is 1. The molecule has 3 heterocycles. The first-order chi connectivity index (χ1) is 12.0. The van der Waals surface area contributed by atoms with Crippen molar-refractivity contribution in [3.05, 3.63) is 64.3 Å². The summed E-state index contributed by atoms with van der Waals surface area (Å²) in [6.45, 7) is 0. The van der Waals surface area contributed by atoms with E-state index in [2.05, 4.69) is 9.97 Å². The molecule has 0 saturated heterocycles. The second-order valence-corrected chi connectivity index (χ2v) is 5.92. The highest BCUT2D eigenvalue weighted by atomic mass is 35.5. The van der Waals surface area contributed by atoms with Crippen LogP contribution < -0.4 is 5.73 Å². The predicted octanol–water partition coefficient (Wildman–Crippen LogP) is 3.57. The number of rotatable bonds is 3. The SMILES string of the molecule is Nc1nc(-c2ccco2)c2c(n1)C(Cc1ccc(Cl)c(F)c1)OC2=O. The standard InChI is InChI=1S/C17H11ClFN3O3/c18-9-4-3-8(6-10(9)19)7-12-15-13(16(23)25-12)14(21-17(20)22-15)11-2-1-5-24-11/h1-6,12H,7H2,(H2,20,21,22). The van der Waals surface area contributed by atoms with E-state index in [-0.39, 0.29) is 28.6 Å². The number of furan rings is 1. The number of benzene rings is 1. The van der Waals surface area contributed by atoms with Gasteiger partial charge in [0.15, 0.2) is 5.76 Å². The van der Waals surface area contributed by atoms with E-state index in [0.29, 0.717) is 17.0 Å². The highest BCUT2D eigenvalue weighted by Gasteiger charge is 2.37. The van der Waals surface area contributed by atoms with Crippen molar-refractivity contribution in [3.63, 3.8) is 0 Å². The molecule has 8 heteroatoms. The number of nitrogens with two attached hydrogens (primary N) is 1. The van der Waals surface area contributed by atoms with Crippen molar-refractivity contribution >= 4 is 23.5 Å². The van der Waals surface area contributed by atoms with Crippen molar-refractivity contribution in [2.45, 2.75) is 12.5 Å². The molecule has 0 bridgehead atoms. The Morgan fingerprint density at radius 2 is 2.12 bits per heavy atom. The second kappa shape index (κ2) is 5.86. The van der Waals surface area contributed by atoms with Gasteiger partial charge in [-0.15, -0.1) is 0 Å². The van der Waals surface area contributed by atoms with E-state index in [9.17, 15) is 9.18 Å². The number of carbonyl (C=O) groups excluding carboxylic acids is 1. The number of hydrogen-bond acceptors (Lipinski definition) is 6. The molecule has 6 nitrogen and oxygen atoms in total. The summed E-state index contributed by atoms with van der Waals surface area (Å²) < 4.78 is 24.4. The lowest BCUT2D eigenvalue weighted by atomic mass is 10.0. The Morgan fingerprint density at radius 1 is 1.28 bits per heavy atom. The first-order valence-corrected chi connectivity index (χ1v) is 7.77. The van der Waals surface area contributed by atoms with Gasteiger partial charge in [0.1, 0.15) is 28.9 Å². The summed E-state index contributed by atoms with van der Waals surface area (Å²) in [6, 6.07) is 7.75. The molecule has 2 N–H and O–H groups in total. The summed E-state index contributed by atoms with van der Waals surface area (Å²) >= 11 is 5.69. The van der Waals surface area contributed by atoms with Gasteiger partial charge in [-0.3, -0.25) is 0 Å². The zero-order valence-corrected chi connectivity index (χ0v) is 13.5. The summed E-state index contributed by atoms with van der Waals surface area (Å²) in [5, 5.41) is 0.0271. The van der Waals surface area contributed by atoms with Crippen molar-refractivity contribution < 1.29 is 18.3 Å². The quantitative estimate of drug-likeness (QED) is 0.719. The van der Waals surface area contributed by atoms with Crippen LogP contribution in [-0.4, -0.2) is 15.9 Å². The fraction of sp³-hybridized carbons (Fsp3) is 0.118. The molecule has 0 spiro atoms. The Kier molecular flexibility index (Phi) is 3.65. The Hall–Kier alpha value is -2.93. The summed E-state index contributed by atoms with van der Waals surface area (Å²) in [4.78, 5) is 20.6. The second-order valence-electron chi connectivity index (χ2n) is 5.51. The van der Waals surface area contributed by atoms with E-state index < -0.39 is 17.9 Å². The highest BCUT2D eigenvalue weighted by Crippen LogP contribution is 2.37. The van der Waals surface area contributed by atoms with Crippen molar-refractivity contribution in [2.24, 2.45) is 0 Å². The topological polar surface area (TPSA) is 91.2 Å². The van der Waals surface area contributed by atoms with Gasteiger partial charge in [0, 0.05) is 6.42 Å². The summed E-state index contributed by atoms with van der Waals surface area (Å²) in [5.74, 6) is -0.723. The van der Waals surface area contributed by atoms with E-state index in [1.807, 2.05) is 0 Å². The average molecular weight is 360 g/mol. The third-order valence-corrected chi connectivity index (χ3v) is 4.18. The molecule has 4 rings (SSSR count). The molecule has 0 radical (unpaired) electrons. The maximum atomic E-state index is 13.6. The molecule has 0 amide bonds. The monoisotopic (exact) mass is 359 g/mol. The number of ether oxygens (including phenoxy) is 1. The molecule has 1 aromatic carbocycles. The molecular formula is C17H11ClFN3O3. The van der Waals surface area contributed by atoms with Crippen LogP contribution in [0.4, 0.5) is 10.3 Å². The third-order valence-electron chi connectivity index (χ3n) is 3.87. The lowest BCUT2D eigenvalue weighted by Gasteiger charge is -2.11. The highest BCUT2D eigenvalue weighted by molar-refractivity contribution is 6.30. The number of aromatic nitrogens is 2. The van der Waals surface area contributed by atoms with E-state index in [1.54, 1.807) is 18.2 Å². The van der Waals surface area contributed by atoms with Gasteiger partial charge in [0.05, 0.1) is 11.3 Å². The zero-order valence-electron chi connectivity index (χ0n) is 12.7. The molecule has 1 aliphatic heterocycles. The summed E-state index contributed by atoms with van der Waals surface area (Å²) in [6.07, 6.45) is 1.01. The van der Waals surface area contributed by atoms with E-state index >= 15 is 0 Å². The van der Waals surface area contributed by atoms with Gasteiger partial charge in [-0.25, -0.2) is 19.2 Å². The van der Waals surface area contributed by atoms with Crippen LogP contribution in [0.2, 0.25) is 5.02 Å². The Bertz CT molecular complexity index is 976. The lowest BCUT2D eigenvalue weighted by Crippen LogP contribution is -2.07. The van der Waals surface area contributed by atoms with Gasteiger partial charge >= 0.3 is 5.97 Å². The molecule has 0 aliphatic carbocycles. The maximum absolute atomic E-state index is 13.6. The van der Waals surface area contributed by atoms with Crippen LogP contribution in [0.15, 0.2) is 41.0 Å². The van der Waals surface area contributed by atoms with Gasteiger partial charge in [0.2, 0.25) is 5.95 Å². The van der Waals surface area contributed by atoms with Crippen LogP contribution in [0.3, 0.4) is 0 Å². The van der Waals surface area contributed by atoms with Crippen molar-refractivity contribution in [2.75, 3.05) is 5.73 Å². The van der Waals surface area contributed by atoms with E-state index in [4.69, 9.17) is 26.5 Å². The van der Waals surface area contributed by atoms with Crippen LogP contribution >= 0.6 is 11.6 Å². The molecule has 3 aromatic rings. The zero-order chi connectivity index (χ0) is 17.6. The smallest absolute Gasteiger partial charge is 0.343 e. The minimum absolute atomic E-state index is 0.00395. The maximum Gasteiger partial charge on any atom is 0.343 e. The van der Waals surface area contributed by atoms with Gasteiger partial charge in [-0.05, 0) is 29.8 Å². The van der Waals surface area contributed by atoms with Gasteiger partial charge in [-0.2, -0.15) is 0 Å². The van der Waals surface area contributed by atoms with E-state index in [0.717, 1.165) is 0 Å². The summed E-state index contributed by atoms with van der Waals surface area (Å²) in [7, 11) is 0. The van der Waals surface area contributed by atoms with Crippen molar-refractivity contribution in [3.8, 4) is 11.5 Å². The number of nitrogen functional groups attached to an aromatic ring is 1. The van der Waals surface area contributed by atoms with Crippen LogP contribution in [0.1, 0.15) is 27.7 Å². The predicted molar refractivity (Wildman–Crippen MR) is 87.4 cm³/mol. The number of carbonyl (C=O) groups is 1. The van der Waals surface area contributed by atoms with Crippen LogP contribution in [0.5, 0.6) is 0 Å². The molecule has 0 saturated carbocycles. The van der Waals surface area contributed by atoms with Gasteiger partial charge in [0.25, 0.3) is 0 Å². The molecular weight excluding hydrogens is 349 g/mol. The number of halogens is 2. The third kappa shape index (κ3) is 2.72. The normalized spacial score (nSPS) is 15.9. The van der Waals surface area contributed by atoms with Gasteiger partial charge < -0.3 is 14.9 Å².